The molecule has 0 atom stereocenters. The lowest BCUT2D eigenvalue weighted by atomic mass is 10.0. The summed E-state index contributed by atoms with van der Waals surface area (Å²) in [5.41, 5.74) is 0.749. The molecule has 0 bridgehead atoms. The number of rotatable bonds is 13. The van der Waals surface area contributed by atoms with Crippen LogP contribution < -0.4 is 0 Å². The highest BCUT2D eigenvalue weighted by Crippen LogP contribution is 2.21. The van der Waals surface area contributed by atoms with E-state index in [0.717, 1.165) is 24.5 Å². The molecule has 0 heterocycles. The van der Waals surface area contributed by atoms with Gasteiger partial charge in [0.15, 0.2) is 0 Å². The summed E-state index contributed by atoms with van der Waals surface area (Å²) in [6, 6.07) is 4.07. The van der Waals surface area contributed by atoms with Crippen molar-refractivity contribution in [3.8, 4) is 5.75 Å². The Kier molecular flexibility index (Phi) is 10.0. The number of hydrogen-bond acceptors (Lipinski definition) is 3. The average Bonchev–Trinajstić information content (AvgIpc) is 2.51. The van der Waals surface area contributed by atoms with Crippen LogP contribution >= 0.6 is 0 Å². The molecule has 0 saturated carbocycles. The molecule has 138 valence electrons. The van der Waals surface area contributed by atoms with Gasteiger partial charge in [0.1, 0.15) is 5.75 Å². The van der Waals surface area contributed by atoms with Crippen LogP contribution in [0.3, 0.4) is 0 Å². The zero-order chi connectivity index (χ0) is 17.8. The van der Waals surface area contributed by atoms with Gasteiger partial charge < -0.3 is 5.11 Å². The van der Waals surface area contributed by atoms with Crippen molar-refractivity contribution in [2.24, 2.45) is 0 Å². The Morgan fingerprint density at radius 1 is 0.792 bits per heavy atom. The number of phenols is 1. The molecule has 0 unspecified atom stereocenters. The maximum Gasteiger partial charge on any atom is 0.294 e. The van der Waals surface area contributed by atoms with Gasteiger partial charge in [0.05, 0.1) is 4.90 Å². The molecule has 0 fully saturated rings. The Bertz CT molecular complexity index is 567. The Labute approximate surface area is 147 Å². The van der Waals surface area contributed by atoms with Gasteiger partial charge in [-0.3, -0.25) is 4.55 Å². The molecular weight excluding hydrogens is 324 g/mol. The van der Waals surface area contributed by atoms with E-state index in [1.54, 1.807) is 6.07 Å². The highest BCUT2D eigenvalue weighted by molar-refractivity contribution is 7.85. The summed E-state index contributed by atoms with van der Waals surface area (Å²) < 4.78 is 31.3. The Morgan fingerprint density at radius 3 is 1.79 bits per heavy atom. The summed E-state index contributed by atoms with van der Waals surface area (Å²) in [4.78, 5) is -0.236. The van der Waals surface area contributed by atoms with E-state index in [9.17, 15) is 13.5 Å². The second-order valence-electron chi connectivity index (χ2n) is 6.60. The zero-order valence-electron chi connectivity index (χ0n) is 14.8. The lowest BCUT2D eigenvalue weighted by Crippen LogP contribution is -1.99. The lowest BCUT2D eigenvalue weighted by Gasteiger charge is -2.06. The molecule has 24 heavy (non-hydrogen) atoms. The topological polar surface area (TPSA) is 74.6 Å². The summed E-state index contributed by atoms with van der Waals surface area (Å²) in [6.45, 7) is 2.24. The summed E-state index contributed by atoms with van der Waals surface area (Å²) in [5.74, 6) is -0.122. The van der Waals surface area contributed by atoms with Crippen molar-refractivity contribution in [1.29, 1.82) is 0 Å². The highest BCUT2D eigenvalue weighted by Gasteiger charge is 2.11. The monoisotopic (exact) mass is 356 g/mol. The van der Waals surface area contributed by atoms with Crippen molar-refractivity contribution >= 4 is 10.1 Å². The first-order valence-electron chi connectivity index (χ1n) is 9.24. The summed E-state index contributed by atoms with van der Waals surface area (Å²) in [5, 5.41) is 9.56. The molecule has 0 saturated heterocycles. The molecule has 0 aliphatic rings. The lowest BCUT2D eigenvalue weighted by molar-refractivity contribution is 0.465. The van der Waals surface area contributed by atoms with E-state index in [2.05, 4.69) is 6.92 Å². The number of unbranched alkanes of at least 4 members (excludes halogenated alkanes) is 10. The quantitative estimate of drug-likeness (QED) is 0.362. The van der Waals surface area contributed by atoms with Crippen molar-refractivity contribution in [1.82, 2.24) is 0 Å². The molecule has 0 amide bonds. The molecular formula is C19H32O4S. The summed E-state index contributed by atoms with van der Waals surface area (Å²) in [6.07, 6.45) is 14.6. The molecule has 0 aliphatic carbocycles. The van der Waals surface area contributed by atoms with Gasteiger partial charge in [0.2, 0.25) is 0 Å². The predicted octanol–water partition coefficient (Wildman–Crippen LogP) is 5.49. The maximum absolute atomic E-state index is 11.1. The number of benzene rings is 1. The Hall–Kier alpha value is -1.07. The first kappa shape index (κ1) is 21.0. The van der Waals surface area contributed by atoms with E-state index in [4.69, 9.17) is 4.55 Å². The van der Waals surface area contributed by atoms with Gasteiger partial charge in [0, 0.05) is 6.07 Å². The standard InChI is InChI=1S/C19H32O4S/c1-2-3-4-5-6-7-8-9-10-11-12-13-17-14-18(20)16-19(15-17)24(21,22)23/h14-16,20H,2-13H2,1H3,(H,21,22,23). The van der Waals surface area contributed by atoms with E-state index >= 15 is 0 Å². The summed E-state index contributed by atoms with van der Waals surface area (Å²) in [7, 11) is -4.26. The molecule has 5 heteroatoms. The Balaban J connectivity index is 2.14. The molecule has 0 radical (unpaired) electrons. The second kappa shape index (κ2) is 11.5. The predicted molar refractivity (Wildman–Crippen MR) is 98.1 cm³/mol. The minimum atomic E-state index is -4.26. The minimum absolute atomic E-state index is 0.122. The van der Waals surface area contributed by atoms with Crippen LogP contribution in [0, 0.1) is 0 Å². The third-order valence-electron chi connectivity index (χ3n) is 4.32. The van der Waals surface area contributed by atoms with E-state index in [-0.39, 0.29) is 10.6 Å². The molecule has 0 aliphatic heterocycles. The Morgan fingerprint density at radius 2 is 1.29 bits per heavy atom. The van der Waals surface area contributed by atoms with Crippen LogP contribution in [-0.2, 0) is 16.5 Å². The zero-order valence-corrected chi connectivity index (χ0v) is 15.7. The van der Waals surface area contributed by atoms with Gasteiger partial charge in [-0.2, -0.15) is 8.42 Å². The molecule has 2 N–H and O–H groups in total. The van der Waals surface area contributed by atoms with Crippen molar-refractivity contribution in [3.05, 3.63) is 23.8 Å². The van der Waals surface area contributed by atoms with Gasteiger partial charge in [0.25, 0.3) is 10.1 Å². The third kappa shape index (κ3) is 9.28. The second-order valence-corrected chi connectivity index (χ2v) is 8.02. The maximum atomic E-state index is 11.1. The number of hydrogen-bond donors (Lipinski definition) is 2. The van der Waals surface area contributed by atoms with Crippen molar-refractivity contribution in [2.75, 3.05) is 0 Å². The molecule has 0 aromatic heterocycles. The molecule has 1 aromatic carbocycles. The van der Waals surface area contributed by atoms with Crippen LogP contribution in [0.15, 0.2) is 23.1 Å². The van der Waals surface area contributed by atoms with Gasteiger partial charge in [-0.05, 0) is 30.5 Å². The molecule has 4 nitrogen and oxygen atoms in total. The number of aryl methyl sites for hydroxylation is 1. The van der Waals surface area contributed by atoms with Gasteiger partial charge in [-0.15, -0.1) is 0 Å². The van der Waals surface area contributed by atoms with Crippen LogP contribution in [0.5, 0.6) is 5.75 Å². The van der Waals surface area contributed by atoms with E-state index < -0.39 is 10.1 Å². The van der Waals surface area contributed by atoms with E-state index in [0.29, 0.717) is 6.42 Å². The van der Waals surface area contributed by atoms with Gasteiger partial charge >= 0.3 is 0 Å². The van der Waals surface area contributed by atoms with Crippen molar-refractivity contribution in [2.45, 2.75) is 88.9 Å². The summed E-state index contributed by atoms with van der Waals surface area (Å²) >= 11 is 0. The van der Waals surface area contributed by atoms with E-state index in [1.165, 1.54) is 63.9 Å². The van der Waals surface area contributed by atoms with Gasteiger partial charge in [-0.1, -0.05) is 71.1 Å². The SMILES string of the molecule is CCCCCCCCCCCCCc1cc(O)cc(S(=O)(=O)O)c1. The van der Waals surface area contributed by atoms with Crippen LogP contribution in [0.1, 0.15) is 83.1 Å². The highest BCUT2D eigenvalue weighted by atomic mass is 32.2. The van der Waals surface area contributed by atoms with Crippen LogP contribution in [0.4, 0.5) is 0 Å². The third-order valence-corrected chi connectivity index (χ3v) is 5.15. The van der Waals surface area contributed by atoms with Crippen molar-refractivity contribution < 1.29 is 18.1 Å². The minimum Gasteiger partial charge on any atom is -0.508 e. The number of aromatic hydroxyl groups is 1. The molecule has 1 aromatic rings. The van der Waals surface area contributed by atoms with Crippen LogP contribution in [0.2, 0.25) is 0 Å². The van der Waals surface area contributed by atoms with Crippen molar-refractivity contribution in [3.63, 3.8) is 0 Å². The fraction of sp³-hybridized carbons (Fsp3) is 0.684. The molecule has 1 rings (SSSR count). The van der Waals surface area contributed by atoms with Gasteiger partial charge in [-0.25, -0.2) is 0 Å². The normalized spacial score (nSPS) is 11.8. The van der Waals surface area contributed by atoms with E-state index in [1.807, 2.05) is 0 Å². The first-order valence-corrected chi connectivity index (χ1v) is 10.7. The fourth-order valence-corrected chi connectivity index (χ4v) is 3.50. The smallest absolute Gasteiger partial charge is 0.294 e. The van der Waals surface area contributed by atoms with Crippen LogP contribution in [-0.4, -0.2) is 18.1 Å². The fourth-order valence-electron chi connectivity index (χ4n) is 2.93. The number of phenolic OH excluding ortho intramolecular Hbond substituents is 1. The first-order chi connectivity index (χ1) is 11.4. The largest absolute Gasteiger partial charge is 0.508 e. The molecule has 0 spiro atoms. The average molecular weight is 357 g/mol. The van der Waals surface area contributed by atoms with Crippen LogP contribution in [0.25, 0.3) is 0 Å².